The van der Waals surface area contributed by atoms with Crippen LogP contribution in [0.3, 0.4) is 0 Å². The highest BCUT2D eigenvalue weighted by molar-refractivity contribution is 9.09. The fourth-order valence-corrected chi connectivity index (χ4v) is 3.19. The Kier molecular flexibility index (Phi) is 3.66. The Morgan fingerprint density at radius 1 is 1.59 bits per heavy atom. The van der Waals surface area contributed by atoms with Gasteiger partial charge in [0.25, 0.3) is 5.91 Å². The fraction of sp³-hybridized carbons (Fsp3) is 0.500. The number of carbonyl (C=O) groups is 1. The summed E-state index contributed by atoms with van der Waals surface area (Å²) in [6, 6.07) is 3.21. The van der Waals surface area contributed by atoms with E-state index in [1.54, 1.807) is 6.07 Å². The van der Waals surface area contributed by atoms with Gasteiger partial charge in [-0.2, -0.15) is 0 Å². The summed E-state index contributed by atoms with van der Waals surface area (Å²) >= 11 is 3.46. The maximum Gasteiger partial charge on any atom is 0.255 e. The first kappa shape index (κ1) is 12.4. The van der Waals surface area contributed by atoms with Gasteiger partial charge in [0.2, 0.25) is 5.56 Å². The molecule has 92 valence electrons. The van der Waals surface area contributed by atoms with Crippen molar-refractivity contribution in [2.45, 2.75) is 19.4 Å². The Hall–Kier alpha value is -1.10. The third kappa shape index (κ3) is 2.44. The van der Waals surface area contributed by atoms with Crippen LogP contribution in [0.4, 0.5) is 0 Å². The van der Waals surface area contributed by atoms with Crippen molar-refractivity contribution >= 4 is 21.8 Å². The minimum Gasteiger partial charge on any atom is -0.334 e. The van der Waals surface area contributed by atoms with Gasteiger partial charge in [-0.3, -0.25) is 9.59 Å². The van der Waals surface area contributed by atoms with Gasteiger partial charge in [0.05, 0.1) is 5.56 Å². The van der Waals surface area contributed by atoms with Gasteiger partial charge in [0.1, 0.15) is 0 Å². The van der Waals surface area contributed by atoms with Crippen molar-refractivity contribution in [2.75, 3.05) is 11.9 Å². The van der Waals surface area contributed by atoms with Gasteiger partial charge in [0, 0.05) is 30.2 Å². The summed E-state index contributed by atoms with van der Waals surface area (Å²) in [5, 5.41) is 0.795. The van der Waals surface area contributed by atoms with Crippen LogP contribution in [-0.2, 0) is 0 Å². The SMILES string of the molecule is CC1CCN(C(=O)c2ccc(=O)[nH]c2)C1CBr. The monoisotopic (exact) mass is 298 g/mol. The van der Waals surface area contributed by atoms with Crippen molar-refractivity contribution in [1.82, 2.24) is 9.88 Å². The molecule has 2 heterocycles. The Morgan fingerprint density at radius 3 is 2.94 bits per heavy atom. The maximum atomic E-state index is 12.3. The summed E-state index contributed by atoms with van der Waals surface area (Å²) in [5.74, 6) is 0.510. The number of aromatic amines is 1. The van der Waals surface area contributed by atoms with E-state index in [0.717, 1.165) is 18.3 Å². The van der Waals surface area contributed by atoms with Crippen LogP contribution in [0, 0.1) is 5.92 Å². The summed E-state index contributed by atoms with van der Waals surface area (Å²) in [6.45, 7) is 2.95. The number of H-pyrrole nitrogens is 1. The predicted octanol–water partition coefficient (Wildman–Crippen LogP) is 1.62. The molecule has 0 aliphatic carbocycles. The molecule has 0 bridgehead atoms. The fourth-order valence-electron chi connectivity index (χ4n) is 2.21. The molecule has 0 radical (unpaired) electrons. The molecule has 1 fully saturated rings. The number of hydrogen-bond acceptors (Lipinski definition) is 2. The molecule has 2 atom stereocenters. The zero-order valence-electron chi connectivity index (χ0n) is 9.65. The number of halogens is 1. The standard InChI is InChI=1S/C12H15BrN2O2/c1-8-4-5-15(10(8)6-13)12(17)9-2-3-11(16)14-7-9/h2-3,7-8,10H,4-6H2,1H3,(H,14,16). The Morgan fingerprint density at radius 2 is 2.35 bits per heavy atom. The van der Waals surface area contributed by atoms with Crippen LogP contribution < -0.4 is 5.56 Å². The van der Waals surface area contributed by atoms with Crippen molar-refractivity contribution < 1.29 is 4.79 Å². The molecule has 2 rings (SSSR count). The average molecular weight is 299 g/mol. The molecular formula is C12H15BrN2O2. The number of alkyl halides is 1. The van der Waals surface area contributed by atoms with Crippen LogP contribution >= 0.6 is 15.9 Å². The first-order chi connectivity index (χ1) is 8.13. The van der Waals surface area contributed by atoms with Crippen molar-refractivity contribution in [1.29, 1.82) is 0 Å². The first-order valence-corrected chi connectivity index (χ1v) is 6.81. The minimum atomic E-state index is -0.187. The van der Waals surface area contributed by atoms with Crippen molar-refractivity contribution in [2.24, 2.45) is 5.92 Å². The number of pyridine rings is 1. The summed E-state index contributed by atoms with van der Waals surface area (Å²) in [5.41, 5.74) is 0.359. The molecule has 4 nitrogen and oxygen atoms in total. The lowest BCUT2D eigenvalue weighted by molar-refractivity contribution is 0.0738. The van der Waals surface area contributed by atoms with Crippen LogP contribution in [0.5, 0.6) is 0 Å². The van der Waals surface area contributed by atoms with Gasteiger partial charge in [-0.1, -0.05) is 22.9 Å². The number of carbonyl (C=O) groups excluding carboxylic acids is 1. The van der Waals surface area contributed by atoms with Crippen LogP contribution in [0.25, 0.3) is 0 Å². The predicted molar refractivity (Wildman–Crippen MR) is 69.5 cm³/mol. The molecule has 2 unspecified atom stereocenters. The largest absolute Gasteiger partial charge is 0.334 e. The minimum absolute atomic E-state index is 0.00458. The van der Waals surface area contributed by atoms with Crippen LogP contribution in [0.1, 0.15) is 23.7 Å². The zero-order chi connectivity index (χ0) is 12.4. The lowest BCUT2D eigenvalue weighted by Gasteiger charge is -2.25. The summed E-state index contributed by atoms with van der Waals surface area (Å²) < 4.78 is 0. The van der Waals surface area contributed by atoms with E-state index in [9.17, 15) is 9.59 Å². The second-order valence-corrected chi connectivity index (χ2v) is 5.08. The highest BCUT2D eigenvalue weighted by Gasteiger charge is 2.33. The van der Waals surface area contributed by atoms with E-state index in [0.29, 0.717) is 11.5 Å². The van der Waals surface area contributed by atoms with E-state index in [-0.39, 0.29) is 17.5 Å². The van der Waals surface area contributed by atoms with Crippen LogP contribution in [0.2, 0.25) is 0 Å². The van der Waals surface area contributed by atoms with Gasteiger partial charge in [0.15, 0.2) is 0 Å². The second kappa shape index (κ2) is 5.04. The van der Waals surface area contributed by atoms with Gasteiger partial charge in [-0.15, -0.1) is 0 Å². The van der Waals surface area contributed by atoms with Crippen molar-refractivity contribution in [3.05, 3.63) is 34.2 Å². The van der Waals surface area contributed by atoms with E-state index in [2.05, 4.69) is 27.8 Å². The third-order valence-electron chi connectivity index (χ3n) is 3.33. The van der Waals surface area contributed by atoms with Gasteiger partial charge in [-0.25, -0.2) is 0 Å². The number of nitrogens with one attached hydrogen (secondary N) is 1. The Bertz CT molecular complexity index is 451. The molecule has 1 aliphatic heterocycles. The van der Waals surface area contributed by atoms with E-state index in [1.807, 2.05) is 4.90 Å². The van der Waals surface area contributed by atoms with Gasteiger partial charge < -0.3 is 9.88 Å². The van der Waals surface area contributed by atoms with Crippen molar-refractivity contribution in [3.8, 4) is 0 Å². The smallest absolute Gasteiger partial charge is 0.255 e. The molecule has 1 aromatic rings. The molecule has 0 spiro atoms. The Labute approximate surface area is 108 Å². The molecule has 1 N–H and O–H groups in total. The van der Waals surface area contributed by atoms with E-state index in [4.69, 9.17) is 0 Å². The molecule has 5 heteroatoms. The summed E-state index contributed by atoms with van der Waals surface area (Å²) in [6.07, 6.45) is 2.52. The quantitative estimate of drug-likeness (QED) is 0.844. The number of rotatable bonds is 2. The average Bonchev–Trinajstić information content (AvgIpc) is 2.70. The lowest BCUT2D eigenvalue weighted by atomic mass is 10.1. The maximum absolute atomic E-state index is 12.3. The molecular weight excluding hydrogens is 284 g/mol. The molecule has 1 saturated heterocycles. The molecule has 1 aromatic heterocycles. The zero-order valence-corrected chi connectivity index (χ0v) is 11.2. The number of aromatic nitrogens is 1. The normalized spacial score (nSPS) is 24.0. The number of amides is 1. The van der Waals surface area contributed by atoms with Crippen molar-refractivity contribution in [3.63, 3.8) is 0 Å². The van der Waals surface area contributed by atoms with E-state index >= 15 is 0 Å². The first-order valence-electron chi connectivity index (χ1n) is 5.69. The van der Waals surface area contributed by atoms with E-state index in [1.165, 1.54) is 12.3 Å². The molecule has 1 aliphatic rings. The highest BCUT2D eigenvalue weighted by atomic mass is 79.9. The lowest BCUT2D eigenvalue weighted by Crippen LogP contribution is -2.38. The number of nitrogens with zero attached hydrogens (tertiary/aromatic N) is 1. The van der Waals surface area contributed by atoms with E-state index < -0.39 is 0 Å². The van der Waals surface area contributed by atoms with Gasteiger partial charge in [-0.05, 0) is 18.4 Å². The Balaban J connectivity index is 2.20. The van der Waals surface area contributed by atoms with Gasteiger partial charge >= 0.3 is 0 Å². The number of hydrogen-bond donors (Lipinski definition) is 1. The van der Waals surface area contributed by atoms with Crippen LogP contribution in [-0.4, -0.2) is 33.7 Å². The highest BCUT2D eigenvalue weighted by Crippen LogP contribution is 2.26. The second-order valence-electron chi connectivity index (χ2n) is 4.43. The molecule has 17 heavy (non-hydrogen) atoms. The topological polar surface area (TPSA) is 53.2 Å². The number of likely N-dealkylation sites (tertiary alicyclic amines) is 1. The van der Waals surface area contributed by atoms with Crippen LogP contribution in [0.15, 0.2) is 23.1 Å². The molecule has 1 amide bonds. The molecule has 0 aromatic carbocycles. The summed E-state index contributed by atoms with van der Waals surface area (Å²) in [4.78, 5) is 27.6. The summed E-state index contributed by atoms with van der Waals surface area (Å²) in [7, 11) is 0. The third-order valence-corrected chi connectivity index (χ3v) is 4.00. The molecule has 0 saturated carbocycles.